The maximum absolute atomic E-state index is 12.9. The molecule has 15 heavy (non-hydrogen) atoms. The number of Topliss-reactive ketones (excluding diaryl/α,β-unsaturated/α-hetero) is 1. The highest BCUT2D eigenvalue weighted by atomic mass is 19.1. The largest absolute Gasteiger partial charge is 0.330 e. The second-order valence-corrected chi connectivity index (χ2v) is 3.09. The zero-order valence-corrected chi connectivity index (χ0v) is 8.51. The molecule has 0 heterocycles. The molecular weight excluding hydrogens is 193 g/mol. The smallest absolute Gasteiger partial charge is 0.161 e. The predicted octanol–water partition coefficient (Wildman–Crippen LogP) is 1.73. The number of nitrogens with two attached hydrogens (primary N) is 1. The summed E-state index contributed by atoms with van der Waals surface area (Å²) < 4.78 is 12.9. The summed E-state index contributed by atoms with van der Waals surface area (Å²) in [5.74, 6) is 5.02. The number of ketones is 1. The molecule has 0 aliphatic heterocycles. The number of carbonyl (C=O) groups excluding carboxylic acids is 1. The lowest BCUT2D eigenvalue weighted by atomic mass is 10.0. The van der Waals surface area contributed by atoms with Crippen LogP contribution in [0.15, 0.2) is 18.2 Å². The van der Waals surface area contributed by atoms with Crippen LogP contribution in [0.1, 0.15) is 29.3 Å². The normalized spacial score (nSPS) is 9.27. The second-order valence-electron chi connectivity index (χ2n) is 3.09. The number of hydrogen-bond donors (Lipinski definition) is 1. The molecule has 0 aliphatic rings. The van der Waals surface area contributed by atoms with E-state index in [9.17, 15) is 9.18 Å². The van der Waals surface area contributed by atoms with Gasteiger partial charge < -0.3 is 5.73 Å². The van der Waals surface area contributed by atoms with Gasteiger partial charge in [0.05, 0.1) is 0 Å². The first-order valence-corrected chi connectivity index (χ1v) is 4.64. The molecule has 0 unspecified atom stereocenters. The molecule has 0 aliphatic carbocycles. The van der Waals surface area contributed by atoms with Gasteiger partial charge in [0.1, 0.15) is 5.82 Å². The van der Waals surface area contributed by atoms with E-state index in [4.69, 9.17) is 5.73 Å². The van der Waals surface area contributed by atoms with Gasteiger partial charge in [-0.2, -0.15) is 0 Å². The van der Waals surface area contributed by atoms with Crippen molar-refractivity contribution in [2.24, 2.45) is 5.73 Å². The summed E-state index contributed by atoms with van der Waals surface area (Å²) in [4.78, 5) is 11.2. The van der Waals surface area contributed by atoms with E-state index in [1.54, 1.807) is 0 Å². The Morgan fingerprint density at radius 1 is 1.53 bits per heavy atom. The highest BCUT2D eigenvalue weighted by molar-refractivity contribution is 5.96. The molecule has 0 spiro atoms. The monoisotopic (exact) mass is 205 g/mol. The third-order valence-corrected chi connectivity index (χ3v) is 1.85. The molecule has 0 saturated carbocycles. The summed E-state index contributed by atoms with van der Waals surface area (Å²) in [5.41, 5.74) is 6.15. The Morgan fingerprint density at radius 3 is 2.87 bits per heavy atom. The fourth-order valence-corrected chi connectivity index (χ4v) is 1.16. The summed E-state index contributed by atoms with van der Waals surface area (Å²) in [6, 6.07) is 3.97. The van der Waals surface area contributed by atoms with Crippen LogP contribution in [0.3, 0.4) is 0 Å². The molecule has 78 valence electrons. The molecule has 1 aromatic rings. The topological polar surface area (TPSA) is 43.1 Å². The lowest BCUT2D eigenvalue weighted by molar-refractivity contribution is 0.101. The summed E-state index contributed by atoms with van der Waals surface area (Å²) in [6.45, 7) is 1.89. The van der Waals surface area contributed by atoms with Crippen molar-refractivity contribution in [1.82, 2.24) is 0 Å². The molecule has 2 nitrogen and oxygen atoms in total. The first-order valence-electron chi connectivity index (χ1n) is 4.64. The maximum Gasteiger partial charge on any atom is 0.161 e. The molecule has 1 aromatic carbocycles. The second kappa shape index (κ2) is 5.28. The number of halogens is 1. The minimum atomic E-state index is -0.392. The van der Waals surface area contributed by atoms with E-state index in [0.717, 1.165) is 0 Å². The van der Waals surface area contributed by atoms with E-state index in [1.807, 2.05) is 0 Å². The van der Waals surface area contributed by atoms with Gasteiger partial charge in [-0.05, 0) is 25.1 Å². The quantitative estimate of drug-likeness (QED) is 0.590. The molecule has 0 bridgehead atoms. The number of benzene rings is 1. The number of rotatable bonds is 2. The summed E-state index contributed by atoms with van der Waals surface area (Å²) in [5, 5.41) is 0. The van der Waals surface area contributed by atoms with Gasteiger partial charge in [0.15, 0.2) is 5.78 Å². The van der Waals surface area contributed by atoms with E-state index in [1.165, 1.54) is 25.1 Å². The van der Waals surface area contributed by atoms with Crippen LogP contribution in [0.4, 0.5) is 4.39 Å². The Hall–Kier alpha value is -1.66. The van der Waals surface area contributed by atoms with Gasteiger partial charge in [-0.15, -0.1) is 0 Å². The Bertz CT molecular complexity index is 429. The summed E-state index contributed by atoms with van der Waals surface area (Å²) >= 11 is 0. The average Bonchev–Trinajstić information content (AvgIpc) is 2.18. The Morgan fingerprint density at radius 2 is 2.27 bits per heavy atom. The van der Waals surface area contributed by atoms with E-state index in [2.05, 4.69) is 11.8 Å². The van der Waals surface area contributed by atoms with Crippen molar-refractivity contribution in [1.29, 1.82) is 0 Å². The van der Waals surface area contributed by atoms with Gasteiger partial charge in [0, 0.05) is 24.1 Å². The van der Waals surface area contributed by atoms with E-state index in [-0.39, 0.29) is 5.78 Å². The minimum Gasteiger partial charge on any atom is -0.330 e. The molecule has 0 radical (unpaired) electrons. The van der Waals surface area contributed by atoms with Crippen LogP contribution in [0.5, 0.6) is 0 Å². The highest BCUT2D eigenvalue weighted by Gasteiger charge is 2.05. The lowest BCUT2D eigenvalue weighted by Crippen LogP contribution is -1.98. The molecule has 1 rings (SSSR count). The number of carbonyl (C=O) groups is 1. The lowest BCUT2D eigenvalue weighted by Gasteiger charge is -1.99. The van der Waals surface area contributed by atoms with Gasteiger partial charge in [-0.1, -0.05) is 11.8 Å². The van der Waals surface area contributed by atoms with E-state index >= 15 is 0 Å². The molecule has 0 amide bonds. The SMILES string of the molecule is CC(=O)c1ccc(F)cc1C#CCCN. The zero-order valence-electron chi connectivity index (χ0n) is 8.51. The van der Waals surface area contributed by atoms with Crippen LogP contribution in [0.25, 0.3) is 0 Å². The van der Waals surface area contributed by atoms with Gasteiger partial charge in [-0.3, -0.25) is 4.79 Å². The first-order chi connectivity index (χ1) is 7.15. The maximum atomic E-state index is 12.9. The standard InChI is InChI=1S/C12H12FNO/c1-9(15)12-6-5-11(13)8-10(12)4-2-3-7-14/h5-6,8H,3,7,14H2,1H3. The Labute approximate surface area is 88.3 Å². The Kier molecular flexibility index (Phi) is 4.02. The van der Waals surface area contributed by atoms with Crippen molar-refractivity contribution < 1.29 is 9.18 Å². The van der Waals surface area contributed by atoms with Crippen molar-refractivity contribution in [3.8, 4) is 11.8 Å². The van der Waals surface area contributed by atoms with Crippen molar-refractivity contribution in [3.63, 3.8) is 0 Å². The third kappa shape index (κ3) is 3.19. The zero-order chi connectivity index (χ0) is 11.3. The van der Waals surface area contributed by atoms with Gasteiger partial charge >= 0.3 is 0 Å². The predicted molar refractivity (Wildman–Crippen MR) is 57.0 cm³/mol. The molecular formula is C12H12FNO. The summed E-state index contributed by atoms with van der Waals surface area (Å²) in [6.07, 6.45) is 0.536. The van der Waals surface area contributed by atoms with Crippen LogP contribution in [0.2, 0.25) is 0 Å². The molecule has 0 atom stereocenters. The van der Waals surface area contributed by atoms with Gasteiger partial charge in [0.2, 0.25) is 0 Å². The molecule has 0 fully saturated rings. The van der Waals surface area contributed by atoms with Crippen molar-refractivity contribution in [3.05, 3.63) is 35.1 Å². The molecule has 0 saturated heterocycles. The van der Waals surface area contributed by atoms with Crippen LogP contribution in [0, 0.1) is 17.7 Å². The van der Waals surface area contributed by atoms with E-state index < -0.39 is 5.82 Å². The third-order valence-electron chi connectivity index (χ3n) is 1.85. The average molecular weight is 205 g/mol. The first kappa shape index (κ1) is 11.4. The number of hydrogen-bond acceptors (Lipinski definition) is 2. The van der Waals surface area contributed by atoms with Crippen molar-refractivity contribution in [2.75, 3.05) is 6.54 Å². The van der Waals surface area contributed by atoms with Gasteiger partial charge in [-0.25, -0.2) is 4.39 Å². The minimum absolute atomic E-state index is 0.118. The Balaban J connectivity index is 3.09. The van der Waals surface area contributed by atoms with Gasteiger partial charge in [0.25, 0.3) is 0 Å². The van der Waals surface area contributed by atoms with Crippen LogP contribution >= 0.6 is 0 Å². The van der Waals surface area contributed by atoms with Crippen molar-refractivity contribution in [2.45, 2.75) is 13.3 Å². The van der Waals surface area contributed by atoms with E-state index in [0.29, 0.717) is 24.1 Å². The van der Waals surface area contributed by atoms with Crippen LogP contribution in [-0.4, -0.2) is 12.3 Å². The van der Waals surface area contributed by atoms with Crippen molar-refractivity contribution >= 4 is 5.78 Å². The highest BCUT2D eigenvalue weighted by Crippen LogP contribution is 2.10. The van der Waals surface area contributed by atoms with Crippen LogP contribution < -0.4 is 5.73 Å². The molecule has 2 N–H and O–H groups in total. The fraction of sp³-hybridized carbons (Fsp3) is 0.250. The molecule has 3 heteroatoms. The summed E-state index contributed by atoms with van der Waals surface area (Å²) in [7, 11) is 0. The fourth-order valence-electron chi connectivity index (χ4n) is 1.16. The molecule has 0 aromatic heterocycles. The van der Waals surface area contributed by atoms with Crippen LogP contribution in [-0.2, 0) is 0 Å².